The van der Waals surface area contributed by atoms with E-state index in [2.05, 4.69) is 0 Å². The molecule has 110 valence electrons. The fraction of sp³-hybridized carbons (Fsp3) is 0.462. The van der Waals surface area contributed by atoms with E-state index in [1.807, 2.05) is 0 Å². The van der Waals surface area contributed by atoms with E-state index in [0.717, 1.165) is 6.26 Å². The molecule has 1 aliphatic heterocycles. The second-order valence-corrected chi connectivity index (χ2v) is 6.54. The molecule has 1 aromatic carbocycles. The molecule has 0 saturated carbocycles. The Morgan fingerprint density at radius 2 is 1.85 bits per heavy atom. The Bertz CT molecular complexity index is 561. The molecule has 0 aromatic heterocycles. The van der Waals surface area contributed by atoms with Crippen molar-refractivity contribution in [2.45, 2.75) is 4.90 Å². The van der Waals surface area contributed by atoms with E-state index >= 15 is 0 Å². The summed E-state index contributed by atoms with van der Waals surface area (Å²) in [7, 11) is -3.21. The van der Waals surface area contributed by atoms with E-state index in [4.69, 9.17) is 9.47 Å². The highest BCUT2D eigenvalue weighted by Gasteiger charge is 2.17. The summed E-state index contributed by atoms with van der Waals surface area (Å²) in [6.45, 7) is 2.20. The summed E-state index contributed by atoms with van der Waals surface area (Å²) in [5.41, 5.74) is 0. The first-order chi connectivity index (χ1) is 9.47. The third-order valence-corrected chi connectivity index (χ3v) is 4.11. The van der Waals surface area contributed by atoms with E-state index in [1.54, 1.807) is 17.0 Å². The van der Waals surface area contributed by atoms with E-state index in [0.29, 0.717) is 32.1 Å². The number of sulfone groups is 1. The smallest absolute Gasteiger partial charge is 0.260 e. The maximum absolute atomic E-state index is 11.8. The maximum Gasteiger partial charge on any atom is 0.260 e. The highest BCUT2D eigenvalue weighted by atomic mass is 32.2. The average Bonchev–Trinajstić information content (AvgIpc) is 2.45. The van der Waals surface area contributed by atoms with Gasteiger partial charge in [0.15, 0.2) is 16.4 Å². The van der Waals surface area contributed by atoms with Crippen molar-refractivity contribution < 1.29 is 22.7 Å². The number of hydrogen-bond donors (Lipinski definition) is 0. The Kier molecular flexibility index (Phi) is 4.61. The highest BCUT2D eigenvalue weighted by Crippen LogP contribution is 2.15. The topological polar surface area (TPSA) is 72.9 Å². The van der Waals surface area contributed by atoms with Crippen LogP contribution in [0.15, 0.2) is 29.2 Å². The number of nitrogens with zero attached hydrogens (tertiary/aromatic N) is 1. The number of benzene rings is 1. The van der Waals surface area contributed by atoms with Crippen molar-refractivity contribution in [1.29, 1.82) is 0 Å². The normalized spacial score (nSPS) is 15.9. The van der Waals surface area contributed by atoms with Gasteiger partial charge in [-0.15, -0.1) is 0 Å². The van der Waals surface area contributed by atoms with Crippen LogP contribution in [-0.2, 0) is 19.4 Å². The third kappa shape index (κ3) is 3.94. The van der Waals surface area contributed by atoms with Crippen LogP contribution in [0.2, 0.25) is 0 Å². The van der Waals surface area contributed by atoms with E-state index in [1.165, 1.54) is 12.1 Å². The van der Waals surface area contributed by atoms with Gasteiger partial charge in [0.25, 0.3) is 5.91 Å². The Labute approximate surface area is 118 Å². The third-order valence-electron chi connectivity index (χ3n) is 2.98. The molecule has 1 amide bonds. The number of morpholine rings is 1. The van der Waals surface area contributed by atoms with Gasteiger partial charge in [0.1, 0.15) is 5.75 Å². The number of hydrogen-bond acceptors (Lipinski definition) is 5. The SMILES string of the molecule is CS(=O)(=O)c1ccc(OCC(=O)N2CCOCC2)cc1. The lowest BCUT2D eigenvalue weighted by Crippen LogP contribution is -2.42. The Morgan fingerprint density at radius 1 is 1.25 bits per heavy atom. The first-order valence-electron chi connectivity index (χ1n) is 6.25. The lowest BCUT2D eigenvalue weighted by atomic mass is 10.3. The van der Waals surface area contributed by atoms with Crippen molar-refractivity contribution in [2.75, 3.05) is 39.2 Å². The molecule has 1 aromatic rings. The quantitative estimate of drug-likeness (QED) is 0.801. The van der Waals surface area contributed by atoms with Crippen molar-refractivity contribution in [3.05, 3.63) is 24.3 Å². The van der Waals surface area contributed by atoms with Gasteiger partial charge in [-0.1, -0.05) is 0 Å². The largest absolute Gasteiger partial charge is 0.484 e. The second-order valence-electron chi connectivity index (χ2n) is 4.53. The van der Waals surface area contributed by atoms with Gasteiger partial charge in [-0.05, 0) is 24.3 Å². The zero-order valence-corrected chi connectivity index (χ0v) is 12.1. The summed E-state index contributed by atoms with van der Waals surface area (Å²) in [4.78, 5) is 13.8. The standard InChI is InChI=1S/C13H17NO5S/c1-20(16,17)12-4-2-11(3-5-12)19-10-13(15)14-6-8-18-9-7-14/h2-5H,6-10H2,1H3. The predicted octanol–water partition coefficient (Wildman–Crippen LogP) is 0.328. The minimum Gasteiger partial charge on any atom is -0.484 e. The van der Waals surface area contributed by atoms with Gasteiger partial charge >= 0.3 is 0 Å². The summed E-state index contributed by atoms with van der Waals surface area (Å²) in [6, 6.07) is 6.01. The Hall–Kier alpha value is -1.60. The van der Waals surface area contributed by atoms with Crippen LogP contribution >= 0.6 is 0 Å². The fourth-order valence-corrected chi connectivity index (χ4v) is 2.46. The van der Waals surface area contributed by atoms with E-state index in [-0.39, 0.29) is 17.4 Å². The molecule has 0 N–H and O–H groups in total. The monoisotopic (exact) mass is 299 g/mol. The van der Waals surface area contributed by atoms with Crippen molar-refractivity contribution in [2.24, 2.45) is 0 Å². The van der Waals surface area contributed by atoms with Crippen LogP contribution in [-0.4, -0.2) is 58.4 Å². The first kappa shape index (κ1) is 14.8. The van der Waals surface area contributed by atoms with Crippen LogP contribution in [0.25, 0.3) is 0 Å². The van der Waals surface area contributed by atoms with Gasteiger partial charge in [-0.3, -0.25) is 4.79 Å². The number of ether oxygens (including phenoxy) is 2. The zero-order chi connectivity index (χ0) is 14.6. The molecular weight excluding hydrogens is 282 g/mol. The Balaban J connectivity index is 1.89. The van der Waals surface area contributed by atoms with Gasteiger partial charge < -0.3 is 14.4 Å². The first-order valence-corrected chi connectivity index (χ1v) is 8.14. The van der Waals surface area contributed by atoms with Gasteiger partial charge in [0.2, 0.25) is 0 Å². The van der Waals surface area contributed by atoms with E-state index in [9.17, 15) is 13.2 Å². The van der Waals surface area contributed by atoms with Gasteiger partial charge in [0, 0.05) is 19.3 Å². The number of amides is 1. The second kappa shape index (κ2) is 6.23. The fourth-order valence-electron chi connectivity index (χ4n) is 1.83. The van der Waals surface area contributed by atoms with Gasteiger partial charge in [-0.25, -0.2) is 8.42 Å². The summed E-state index contributed by atoms with van der Waals surface area (Å²) >= 11 is 0. The molecule has 1 saturated heterocycles. The van der Waals surface area contributed by atoms with Gasteiger partial charge in [-0.2, -0.15) is 0 Å². The molecule has 0 radical (unpaired) electrons. The van der Waals surface area contributed by atoms with Crippen molar-refractivity contribution in [3.63, 3.8) is 0 Å². The molecule has 2 rings (SSSR count). The van der Waals surface area contributed by atoms with Crippen molar-refractivity contribution in [3.8, 4) is 5.75 Å². The number of rotatable bonds is 4. The molecule has 20 heavy (non-hydrogen) atoms. The average molecular weight is 299 g/mol. The van der Waals surface area contributed by atoms with Crippen LogP contribution in [0.1, 0.15) is 0 Å². The predicted molar refractivity (Wildman–Crippen MR) is 72.4 cm³/mol. The maximum atomic E-state index is 11.8. The van der Waals surface area contributed by atoms with Gasteiger partial charge in [0.05, 0.1) is 18.1 Å². The molecule has 0 spiro atoms. The molecule has 6 nitrogen and oxygen atoms in total. The van der Waals surface area contributed by atoms with Crippen molar-refractivity contribution >= 4 is 15.7 Å². The van der Waals surface area contributed by atoms with Crippen LogP contribution in [0.3, 0.4) is 0 Å². The zero-order valence-electron chi connectivity index (χ0n) is 11.2. The minimum absolute atomic E-state index is 0.0573. The summed E-state index contributed by atoms with van der Waals surface area (Å²) in [6.07, 6.45) is 1.14. The van der Waals surface area contributed by atoms with E-state index < -0.39 is 9.84 Å². The lowest BCUT2D eigenvalue weighted by Gasteiger charge is -2.26. The van der Waals surface area contributed by atoms with Crippen LogP contribution < -0.4 is 4.74 Å². The Morgan fingerprint density at radius 3 is 2.40 bits per heavy atom. The highest BCUT2D eigenvalue weighted by molar-refractivity contribution is 7.90. The molecular formula is C13H17NO5S. The number of carbonyl (C=O) groups is 1. The van der Waals surface area contributed by atoms with Crippen LogP contribution in [0.5, 0.6) is 5.75 Å². The summed E-state index contributed by atoms with van der Waals surface area (Å²) in [5.74, 6) is 0.375. The molecule has 0 unspecified atom stereocenters. The molecule has 1 heterocycles. The molecule has 0 aliphatic carbocycles. The number of carbonyl (C=O) groups excluding carboxylic acids is 1. The van der Waals surface area contributed by atoms with Crippen molar-refractivity contribution in [1.82, 2.24) is 4.90 Å². The molecule has 1 fully saturated rings. The molecule has 7 heteroatoms. The molecule has 0 atom stereocenters. The summed E-state index contributed by atoms with van der Waals surface area (Å²) < 4.78 is 33.1. The van der Waals surface area contributed by atoms with Crippen LogP contribution in [0, 0.1) is 0 Å². The molecule has 1 aliphatic rings. The molecule has 0 bridgehead atoms. The lowest BCUT2D eigenvalue weighted by molar-refractivity contribution is -0.137. The van der Waals surface area contributed by atoms with Crippen LogP contribution in [0.4, 0.5) is 0 Å². The summed E-state index contributed by atoms with van der Waals surface area (Å²) in [5, 5.41) is 0. The minimum atomic E-state index is -3.21.